The molecule has 0 saturated heterocycles. The van der Waals surface area contributed by atoms with Crippen molar-refractivity contribution >= 4 is 33.3 Å². The predicted octanol–water partition coefficient (Wildman–Crippen LogP) is -1.22. The van der Waals surface area contributed by atoms with Gasteiger partial charge in [0.25, 0.3) is 5.97 Å². The van der Waals surface area contributed by atoms with Crippen LogP contribution in [-0.2, 0) is 4.79 Å². The van der Waals surface area contributed by atoms with Gasteiger partial charge < -0.3 is 10.2 Å². The average Bonchev–Trinajstić information content (AvgIpc) is 1.41. The minimum absolute atomic E-state index is 0. The Hall–Kier alpha value is 0.352. The van der Waals surface area contributed by atoms with E-state index in [1.54, 1.807) is 0 Å². The molecule has 0 aromatic carbocycles. The molecule has 0 rings (SSSR count). The number of aliphatic hydroxyl groups is 1. The van der Waals surface area contributed by atoms with Gasteiger partial charge in [0.2, 0.25) is 0 Å². The van der Waals surface area contributed by atoms with Gasteiger partial charge in [0.15, 0.2) is 0 Å². The van der Waals surface area contributed by atoms with Gasteiger partial charge >= 0.3 is 27.3 Å². The van der Waals surface area contributed by atoms with Gasteiger partial charge in [-0.25, -0.2) is 0 Å². The van der Waals surface area contributed by atoms with Crippen molar-refractivity contribution in [1.29, 1.82) is 0 Å². The third-order valence-corrected chi connectivity index (χ3v) is 0. The molecular weight excluding hydrogens is 291 g/mol. The number of aliphatic carboxylic acids is 1. The Morgan fingerprint density at radius 3 is 1.43 bits per heavy atom. The standard InChI is InChI=1S/C2H4O2.CH4O.Pb.2H/c1-2(3)4;1-2;;;/h1H3,(H,3,4);2H,1H3;;;. The van der Waals surface area contributed by atoms with Crippen molar-refractivity contribution in [2.24, 2.45) is 0 Å². The first-order chi connectivity index (χ1) is 2.73. The molecule has 0 aromatic heterocycles. The van der Waals surface area contributed by atoms with Crippen LogP contribution < -0.4 is 0 Å². The first-order valence-electron chi connectivity index (χ1n) is 1.37. The molecule has 0 fully saturated rings. The first-order valence-corrected chi connectivity index (χ1v) is 1.37. The third kappa shape index (κ3) is 971. The fourth-order valence-corrected chi connectivity index (χ4v) is 0. The van der Waals surface area contributed by atoms with Gasteiger partial charge in [-0.15, -0.1) is 0 Å². The van der Waals surface area contributed by atoms with E-state index in [2.05, 4.69) is 0 Å². The van der Waals surface area contributed by atoms with Crippen LogP contribution in [0.15, 0.2) is 0 Å². The van der Waals surface area contributed by atoms with E-state index in [0.717, 1.165) is 14.0 Å². The van der Waals surface area contributed by atoms with Gasteiger partial charge in [0, 0.05) is 14.0 Å². The molecule has 0 amide bonds. The van der Waals surface area contributed by atoms with Gasteiger partial charge in [-0.05, 0) is 0 Å². The molecule has 0 spiro atoms. The van der Waals surface area contributed by atoms with Crippen LogP contribution in [0, 0.1) is 0 Å². The first kappa shape index (κ1) is 15.7. The van der Waals surface area contributed by atoms with Gasteiger partial charge in [-0.2, -0.15) is 0 Å². The third-order valence-electron chi connectivity index (χ3n) is 0. The monoisotopic (exact) mass is 302 g/mol. The zero-order valence-electron chi connectivity index (χ0n) is 4.51. The summed E-state index contributed by atoms with van der Waals surface area (Å²) >= 11 is 0. The normalized spacial score (nSPS) is 4.43. The zero-order chi connectivity index (χ0) is 5.58. The molecule has 2 N–H and O–H groups in total. The molecular formula is C3H10O3Pb. The van der Waals surface area contributed by atoms with Crippen LogP contribution in [0.4, 0.5) is 0 Å². The van der Waals surface area contributed by atoms with Crippen molar-refractivity contribution in [2.75, 3.05) is 7.11 Å². The Kier molecular flexibility index (Phi) is 36.2. The zero-order valence-corrected chi connectivity index (χ0v) is 10.0. The van der Waals surface area contributed by atoms with Crippen LogP contribution in [0.3, 0.4) is 0 Å². The van der Waals surface area contributed by atoms with E-state index in [4.69, 9.17) is 15.0 Å². The Labute approximate surface area is 62.5 Å². The van der Waals surface area contributed by atoms with Gasteiger partial charge in [0.1, 0.15) is 0 Å². The van der Waals surface area contributed by atoms with Crippen LogP contribution in [0.25, 0.3) is 0 Å². The van der Waals surface area contributed by atoms with Crippen molar-refractivity contribution in [2.45, 2.75) is 6.92 Å². The fourth-order valence-electron chi connectivity index (χ4n) is 0. The molecule has 0 saturated carbocycles. The quantitative estimate of drug-likeness (QED) is 0.552. The van der Waals surface area contributed by atoms with E-state index in [9.17, 15) is 0 Å². The average molecular weight is 301 g/mol. The molecule has 0 unspecified atom stereocenters. The summed E-state index contributed by atoms with van der Waals surface area (Å²) in [6, 6.07) is 0. The number of carboxylic acids is 1. The molecule has 0 aliphatic heterocycles. The van der Waals surface area contributed by atoms with Crippen molar-refractivity contribution < 1.29 is 15.0 Å². The summed E-state index contributed by atoms with van der Waals surface area (Å²) in [6.45, 7) is 1.08. The Balaban J connectivity index is -0.0000000480. The molecule has 0 bridgehead atoms. The van der Waals surface area contributed by atoms with Crippen molar-refractivity contribution in [1.82, 2.24) is 0 Å². The number of hydrogen-bond acceptors (Lipinski definition) is 2. The number of rotatable bonds is 0. The molecule has 0 atom stereocenters. The van der Waals surface area contributed by atoms with Crippen LogP contribution in [0.2, 0.25) is 0 Å². The summed E-state index contributed by atoms with van der Waals surface area (Å²) in [6.07, 6.45) is 0. The van der Waals surface area contributed by atoms with E-state index in [1.807, 2.05) is 0 Å². The summed E-state index contributed by atoms with van der Waals surface area (Å²) in [5.41, 5.74) is 0. The molecule has 7 heavy (non-hydrogen) atoms. The molecule has 3 nitrogen and oxygen atoms in total. The van der Waals surface area contributed by atoms with Gasteiger partial charge in [0.05, 0.1) is 0 Å². The summed E-state index contributed by atoms with van der Waals surface area (Å²) in [4.78, 5) is 9.00. The molecule has 0 heterocycles. The summed E-state index contributed by atoms with van der Waals surface area (Å²) in [5.74, 6) is -0.833. The van der Waals surface area contributed by atoms with Crippen LogP contribution in [0.5, 0.6) is 0 Å². The van der Waals surface area contributed by atoms with Crippen molar-refractivity contribution in [3.05, 3.63) is 0 Å². The number of carbonyl (C=O) groups is 1. The van der Waals surface area contributed by atoms with Crippen LogP contribution in [0.1, 0.15) is 6.92 Å². The van der Waals surface area contributed by atoms with Crippen LogP contribution >= 0.6 is 0 Å². The molecule has 0 aliphatic carbocycles. The van der Waals surface area contributed by atoms with E-state index >= 15 is 0 Å². The Bertz CT molecular complexity index is 33.2. The molecule has 0 aromatic rings. The molecule has 2 radical (unpaired) electrons. The van der Waals surface area contributed by atoms with E-state index in [1.165, 1.54) is 0 Å². The SMILES string of the molecule is CC(=O)O.CO.[PbH2]. The number of hydrogen-bond donors (Lipinski definition) is 2. The second kappa shape index (κ2) is 16.2. The summed E-state index contributed by atoms with van der Waals surface area (Å²) in [7, 11) is 1.00. The van der Waals surface area contributed by atoms with E-state index < -0.39 is 5.97 Å². The second-order valence-electron chi connectivity index (χ2n) is 0.519. The van der Waals surface area contributed by atoms with Gasteiger partial charge in [-0.3, -0.25) is 4.79 Å². The predicted molar refractivity (Wildman–Crippen MR) is 30.0 cm³/mol. The Morgan fingerprint density at radius 2 is 1.43 bits per heavy atom. The molecule has 4 heteroatoms. The summed E-state index contributed by atoms with van der Waals surface area (Å²) < 4.78 is 0. The molecule has 0 aliphatic rings. The van der Waals surface area contributed by atoms with Crippen molar-refractivity contribution in [3.8, 4) is 0 Å². The Morgan fingerprint density at radius 1 is 1.43 bits per heavy atom. The fraction of sp³-hybridized carbons (Fsp3) is 0.667. The van der Waals surface area contributed by atoms with E-state index in [0.29, 0.717) is 0 Å². The van der Waals surface area contributed by atoms with Crippen molar-refractivity contribution in [3.63, 3.8) is 0 Å². The minimum atomic E-state index is -0.833. The maximum absolute atomic E-state index is 9.00. The molecule has 44 valence electrons. The van der Waals surface area contributed by atoms with E-state index in [-0.39, 0.29) is 27.3 Å². The number of aliphatic hydroxyl groups excluding tert-OH is 1. The number of carboxylic acid groups (broad SMARTS) is 1. The maximum atomic E-state index is 9.00. The summed E-state index contributed by atoms with van der Waals surface area (Å²) in [5, 5.41) is 14.4. The second-order valence-corrected chi connectivity index (χ2v) is 0.519. The van der Waals surface area contributed by atoms with Crippen LogP contribution in [-0.4, -0.2) is 50.6 Å². The topological polar surface area (TPSA) is 57.5 Å². The van der Waals surface area contributed by atoms with Gasteiger partial charge in [-0.1, -0.05) is 0 Å².